The molecule has 4 rings (SSSR count). The van der Waals surface area contributed by atoms with Gasteiger partial charge < -0.3 is 23.9 Å². The van der Waals surface area contributed by atoms with E-state index >= 15 is 0 Å². The Morgan fingerprint density at radius 3 is 2.27 bits per heavy atom. The van der Waals surface area contributed by atoms with Gasteiger partial charge in [-0.15, -0.1) is 0 Å². The normalized spacial score (nSPS) is 13.5. The summed E-state index contributed by atoms with van der Waals surface area (Å²) in [6.07, 6.45) is 1.49. The van der Waals surface area contributed by atoms with E-state index in [0.29, 0.717) is 39.3 Å². The zero-order valence-electron chi connectivity index (χ0n) is 18.2. The minimum absolute atomic E-state index is 0.00396. The molecule has 0 spiro atoms. The third kappa shape index (κ3) is 4.25. The Bertz CT molecular complexity index is 1240. The highest BCUT2D eigenvalue weighted by molar-refractivity contribution is 6.36. The van der Waals surface area contributed by atoms with Crippen LogP contribution in [0.15, 0.2) is 64.9 Å². The first-order chi connectivity index (χ1) is 16.0. The average molecular weight is 469 g/mol. The van der Waals surface area contributed by atoms with E-state index in [1.165, 1.54) is 27.6 Å². The second kappa shape index (κ2) is 9.30. The fourth-order valence-corrected chi connectivity index (χ4v) is 3.80. The molecule has 0 fully saturated rings. The molecule has 8 nitrogen and oxygen atoms in total. The Morgan fingerprint density at radius 2 is 1.64 bits per heavy atom. The lowest BCUT2D eigenvalue weighted by Gasteiger charge is -2.14. The number of carbonyl (C=O) groups is 2. The molecule has 2 amide bonds. The molecule has 0 bridgehead atoms. The monoisotopic (exact) mass is 468 g/mol. The lowest BCUT2D eigenvalue weighted by Crippen LogP contribution is -2.31. The maximum atomic E-state index is 13.4. The Labute approximate surface area is 195 Å². The highest BCUT2D eigenvalue weighted by Gasteiger charge is 2.40. The van der Waals surface area contributed by atoms with Crippen LogP contribution >= 0.6 is 11.6 Å². The van der Waals surface area contributed by atoms with Crippen LogP contribution in [0.25, 0.3) is 5.57 Å². The van der Waals surface area contributed by atoms with Crippen LogP contribution in [-0.4, -0.2) is 38.0 Å². The number of nitrogens with zero attached hydrogens (tertiary/aromatic N) is 1. The van der Waals surface area contributed by atoms with Crippen LogP contribution in [0.5, 0.6) is 17.2 Å². The number of amides is 2. The third-order valence-electron chi connectivity index (χ3n) is 5.16. The van der Waals surface area contributed by atoms with E-state index in [2.05, 4.69) is 5.32 Å². The molecular weight excluding hydrogens is 448 g/mol. The van der Waals surface area contributed by atoms with Gasteiger partial charge in [-0.05, 0) is 48.0 Å². The summed E-state index contributed by atoms with van der Waals surface area (Å²) < 4.78 is 21.2. The molecule has 170 valence electrons. The van der Waals surface area contributed by atoms with Crippen molar-refractivity contribution in [2.75, 3.05) is 26.6 Å². The topological polar surface area (TPSA) is 90.2 Å². The van der Waals surface area contributed by atoms with Crippen LogP contribution in [-0.2, 0) is 16.1 Å². The highest BCUT2D eigenvalue weighted by atomic mass is 35.5. The zero-order chi connectivity index (χ0) is 23.5. The van der Waals surface area contributed by atoms with Crippen molar-refractivity contribution in [1.82, 2.24) is 4.90 Å². The number of hydrogen-bond acceptors (Lipinski definition) is 7. The lowest BCUT2D eigenvalue weighted by atomic mass is 10.0. The number of furan rings is 1. The molecule has 0 saturated heterocycles. The zero-order valence-corrected chi connectivity index (χ0v) is 18.9. The smallest absolute Gasteiger partial charge is 0.278 e. The van der Waals surface area contributed by atoms with Crippen molar-refractivity contribution in [3.05, 3.63) is 76.8 Å². The summed E-state index contributed by atoms with van der Waals surface area (Å²) in [5.74, 6) is 0.946. The van der Waals surface area contributed by atoms with E-state index in [0.717, 1.165) is 4.90 Å². The molecule has 9 heteroatoms. The number of methoxy groups -OCH3 is 3. The average Bonchev–Trinajstić information content (AvgIpc) is 3.42. The number of nitrogens with one attached hydrogen (secondary N) is 1. The Balaban J connectivity index is 1.78. The summed E-state index contributed by atoms with van der Waals surface area (Å²) >= 11 is 6.24. The summed E-state index contributed by atoms with van der Waals surface area (Å²) in [7, 11) is 4.53. The quantitative estimate of drug-likeness (QED) is 0.491. The SMILES string of the molecule is COc1ccc(NC2=C(c3ccc(OC)c(OC)c3)C(=O)N(Cc3ccco3)C2=O)cc1Cl. The molecule has 1 aliphatic rings. The van der Waals surface area contributed by atoms with Gasteiger partial charge in [0.15, 0.2) is 11.5 Å². The molecule has 2 heterocycles. The molecule has 3 aromatic rings. The number of hydrogen-bond donors (Lipinski definition) is 1. The Morgan fingerprint density at radius 1 is 0.909 bits per heavy atom. The second-order valence-electron chi connectivity index (χ2n) is 7.07. The predicted molar refractivity (Wildman–Crippen MR) is 122 cm³/mol. The summed E-state index contributed by atoms with van der Waals surface area (Å²) in [6, 6.07) is 13.4. The van der Waals surface area contributed by atoms with Gasteiger partial charge >= 0.3 is 0 Å². The summed E-state index contributed by atoms with van der Waals surface area (Å²) in [5.41, 5.74) is 1.32. The van der Waals surface area contributed by atoms with E-state index in [4.69, 9.17) is 30.2 Å². The Kier molecular flexibility index (Phi) is 6.28. The number of imide groups is 1. The number of ether oxygens (including phenoxy) is 3. The van der Waals surface area contributed by atoms with Crippen molar-refractivity contribution in [3.63, 3.8) is 0 Å². The molecular formula is C24H21ClN2O6. The first-order valence-electron chi connectivity index (χ1n) is 9.92. The second-order valence-corrected chi connectivity index (χ2v) is 7.48. The summed E-state index contributed by atoms with van der Waals surface area (Å²) in [6.45, 7) is -0.00396. The maximum Gasteiger partial charge on any atom is 0.278 e. The number of anilines is 1. The van der Waals surface area contributed by atoms with E-state index in [-0.39, 0.29) is 17.8 Å². The number of halogens is 1. The van der Waals surface area contributed by atoms with Gasteiger partial charge in [0, 0.05) is 5.69 Å². The van der Waals surface area contributed by atoms with Crippen LogP contribution in [0.1, 0.15) is 11.3 Å². The number of carbonyl (C=O) groups excluding carboxylic acids is 2. The molecule has 0 unspecified atom stereocenters. The van der Waals surface area contributed by atoms with Crippen molar-refractivity contribution in [2.24, 2.45) is 0 Å². The van der Waals surface area contributed by atoms with Crippen LogP contribution in [0.2, 0.25) is 5.02 Å². The standard InChI is InChI=1S/C24H21ClN2O6/c1-30-18-9-7-15(12-17(18)25)26-22-21(14-6-8-19(31-2)20(11-14)32-3)23(28)27(24(22)29)13-16-5-4-10-33-16/h4-12,26H,13H2,1-3H3. The fraction of sp³-hybridized carbons (Fsp3) is 0.167. The van der Waals surface area contributed by atoms with E-state index in [1.807, 2.05) is 0 Å². The van der Waals surface area contributed by atoms with Gasteiger partial charge in [-0.3, -0.25) is 14.5 Å². The van der Waals surface area contributed by atoms with Crippen LogP contribution in [0, 0.1) is 0 Å². The third-order valence-corrected chi connectivity index (χ3v) is 5.45. The first kappa shape index (κ1) is 22.3. The minimum atomic E-state index is -0.492. The number of benzene rings is 2. The number of rotatable bonds is 8. The summed E-state index contributed by atoms with van der Waals surface area (Å²) in [5, 5.41) is 3.42. The lowest BCUT2D eigenvalue weighted by molar-refractivity contribution is -0.137. The van der Waals surface area contributed by atoms with Crippen molar-refractivity contribution in [3.8, 4) is 17.2 Å². The Hall–Kier alpha value is -3.91. The van der Waals surface area contributed by atoms with Gasteiger partial charge in [-0.1, -0.05) is 17.7 Å². The molecule has 0 aliphatic carbocycles. The highest BCUT2D eigenvalue weighted by Crippen LogP contribution is 2.37. The molecule has 1 aromatic heterocycles. The molecule has 1 aliphatic heterocycles. The van der Waals surface area contributed by atoms with Gasteiger partial charge in [0.1, 0.15) is 17.2 Å². The van der Waals surface area contributed by atoms with Crippen LogP contribution < -0.4 is 19.5 Å². The van der Waals surface area contributed by atoms with Gasteiger partial charge in [-0.2, -0.15) is 0 Å². The van der Waals surface area contributed by atoms with Crippen LogP contribution in [0.3, 0.4) is 0 Å². The fourth-order valence-electron chi connectivity index (χ4n) is 3.54. The van der Waals surface area contributed by atoms with E-state index in [9.17, 15) is 9.59 Å². The molecule has 0 atom stereocenters. The molecule has 33 heavy (non-hydrogen) atoms. The van der Waals surface area contributed by atoms with E-state index < -0.39 is 11.8 Å². The maximum absolute atomic E-state index is 13.4. The molecule has 1 N–H and O–H groups in total. The molecule has 0 radical (unpaired) electrons. The van der Waals surface area contributed by atoms with Crippen molar-refractivity contribution >= 4 is 34.7 Å². The first-order valence-corrected chi connectivity index (χ1v) is 10.3. The van der Waals surface area contributed by atoms with E-state index in [1.54, 1.807) is 48.5 Å². The molecule has 2 aromatic carbocycles. The van der Waals surface area contributed by atoms with Gasteiger partial charge in [0.2, 0.25) is 0 Å². The largest absolute Gasteiger partial charge is 0.495 e. The minimum Gasteiger partial charge on any atom is -0.495 e. The van der Waals surface area contributed by atoms with Crippen molar-refractivity contribution < 1.29 is 28.2 Å². The summed E-state index contributed by atoms with van der Waals surface area (Å²) in [4.78, 5) is 27.9. The van der Waals surface area contributed by atoms with Crippen LogP contribution in [0.4, 0.5) is 5.69 Å². The predicted octanol–water partition coefficient (Wildman–Crippen LogP) is 4.35. The van der Waals surface area contributed by atoms with Gasteiger partial charge in [-0.25, -0.2) is 0 Å². The van der Waals surface area contributed by atoms with Crippen molar-refractivity contribution in [1.29, 1.82) is 0 Å². The van der Waals surface area contributed by atoms with Gasteiger partial charge in [0.05, 0.1) is 44.7 Å². The van der Waals surface area contributed by atoms with Gasteiger partial charge in [0.25, 0.3) is 11.8 Å². The molecule has 0 saturated carbocycles. The van der Waals surface area contributed by atoms with Crippen molar-refractivity contribution in [2.45, 2.75) is 6.54 Å².